The van der Waals surface area contributed by atoms with E-state index < -0.39 is 0 Å². The lowest BCUT2D eigenvalue weighted by atomic mass is 10.1. The predicted molar refractivity (Wildman–Crippen MR) is 78.6 cm³/mol. The molecular weight excluding hydrogens is 208 g/mol. The molecule has 0 aliphatic rings. The van der Waals surface area contributed by atoms with Gasteiger partial charge < -0.3 is 10.2 Å². The molecule has 1 unspecified atom stereocenters. The van der Waals surface area contributed by atoms with Crippen molar-refractivity contribution in [3.8, 4) is 0 Å². The maximum absolute atomic E-state index is 3.52. The quantitative estimate of drug-likeness (QED) is 0.558. The minimum atomic E-state index is 0.743. The van der Waals surface area contributed by atoms with Crippen LogP contribution >= 0.6 is 0 Å². The highest BCUT2D eigenvalue weighted by Gasteiger charge is 2.10. The Morgan fingerprint density at radius 2 is 1.76 bits per heavy atom. The first-order valence-corrected chi connectivity index (χ1v) is 7.56. The second-order valence-corrected chi connectivity index (χ2v) is 5.57. The van der Waals surface area contributed by atoms with Crippen LogP contribution in [0.15, 0.2) is 0 Å². The van der Waals surface area contributed by atoms with E-state index in [1.165, 1.54) is 45.3 Å². The first-order valence-electron chi connectivity index (χ1n) is 7.56. The summed E-state index contributed by atoms with van der Waals surface area (Å²) >= 11 is 0. The van der Waals surface area contributed by atoms with Gasteiger partial charge in [-0.15, -0.1) is 0 Å². The van der Waals surface area contributed by atoms with Crippen LogP contribution in [0.3, 0.4) is 0 Å². The van der Waals surface area contributed by atoms with E-state index in [-0.39, 0.29) is 0 Å². The van der Waals surface area contributed by atoms with Crippen molar-refractivity contribution in [2.75, 3.05) is 26.2 Å². The lowest BCUT2D eigenvalue weighted by Crippen LogP contribution is -2.34. The summed E-state index contributed by atoms with van der Waals surface area (Å²) in [6.07, 6.45) is 5.27. The van der Waals surface area contributed by atoms with E-state index in [2.05, 4.69) is 44.8 Å². The fourth-order valence-electron chi connectivity index (χ4n) is 2.15. The average molecular weight is 242 g/mol. The Hall–Kier alpha value is -0.0800. The first-order chi connectivity index (χ1) is 8.11. The maximum atomic E-state index is 3.52. The van der Waals surface area contributed by atoms with Crippen LogP contribution in [0.1, 0.15) is 60.3 Å². The van der Waals surface area contributed by atoms with E-state index in [0.29, 0.717) is 0 Å². The summed E-state index contributed by atoms with van der Waals surface area (Å²) in [6.45, 7) is 16.3. The lowest BCUT2D eigenvalue weighted by molar-refractivity contribution is 0.204. The highest BCUT2D eigenvalue weighted by atomic mass is 15.1. The fraction of sp³-hybridized carbons (Fsp3) is 1.00. The molecule has 17 heavy (non-hydrogen) atoms. The van der Waals surface area contributed by atoms with Gasteiger partial charge in [0.25, 0.3) is 0 Å². The SMILES string of the molecule is CCCCN(CC)C(C)CCCNCC(C)C. The molecule has 0 amide bonds. The molecule has 0 saturated heterocycles. The van der Waals surface area contributed by atoms with Crippen LogP contribution < -0.4 is 5.32 Å². The molecular formula is C15H34N2. The molecule has 2 nitrogen and oxygen atoms in total. The van der Waals surface area contributed by atoms with E-state index >= 15 is 0 Å². The summed E-state index contributed by atoms with van der Waals surface area (Å²) in [5, 5.41) is 3.52. The van der Waals surface area contributed by atoms with Crippen LogP contribution in [-0.2, 0) is 0 Å². The standard InChI is InChI=1S/C15H34N2/c1-6-8-12-17(7-2)15(5)10-9-11-16-13-14(3)4/h14-16H,6-13H2,1-5H3. The van der Waals surface area contributed by atoms with Gasteiger partial charge in [0.2, 0.25) is 0 Å². The smallest absolute Gasteiger partial charge is 0.00672 e. The highest BCUT2D eigenvalue weighted by molar-refractivity contribution is 4.66. The molecule has 0 aromatic carbocycles. The van der Waals surface area contributed by atoms with Crippen molar-refractivity contribution < 1.29 is 0 Å². The summed E-state index contributed by atoms with van der Waals surface area (Å²) < 4.78 is 0. The highest BCUT2D eigenvalue weighted by Crippen LogP contribution is 2.07. The summed E-state index contributed by atoms with van der Waals surface area (Å²) in [5.74, 6) is 0.768. The fourth-order valence-corrected chi connectivity index (χ4v) is 2.15. The summed E-state index contributed by atoms with van der Waals surface area (Å²) in [7, 11) is 0. The largest absolute Gasteiger partial charge is 0.316 e. The number of hydrogen-bond acceptors (Lipinski definition) is 2. The number of unbranched alkanes of at least 4 members (excludes halogenated alkanes) is 1. The van der Waals surface area contributed by atoms with Crippen LogP contribution in [0, 0.1) is 5.92 Å². The maximum Gasteiger partial charge on any atom is 0.00672 e. The Balaban J connectivity index is 3.56. The summed E-state index contributed by atoms with van der Waals surface area (Å²) in [6, 6.07) is 0.743. The van der Waals surface area contributed by atoms with E-state index in [1.54, 1.807) is 0 Å². The third-order valence-corrected chi connectivity index (χ3v) is 3.36. The Kier molecular flexibility index (Phi) is 11.0. The Morgan fingerprint density at radius 1 is 1.06 bits per heavy atom. The van der Waals surface area contributed by atoms with Crippen LogP contribution in [0.4, 0.5) is 0 Å². The predicted octanol–water partition coefficient (Wildman–Crippen LogP) is 3.52. The molecule has 1 atom stereocenters. The Labute approximate surface area is 109 Å². The van der Waals surface area contributed by atoms with Gasteiger partial charge in [-0.05, 0) is 58.3 Å². The van der Waals surface area contributed by atoms with Gasteiger partial charge in [0.05, 0.1) is 0 Å². The Morgan fingerprint density at radius 3 is 2.29 bits per heavy atom. The van der Waals surface area contributed by atoms with Gasteiger partial charge in [-0.1, -0.05) is 34.1 Å². The molecule has 0 bridgehead atoms. The molecule has 0 heterocycles. The topological polar surface area (TPSA) is 15.3 Å². The van der Waals surface area contributed by atoms with Gasteiger partial charge >= 0.3 is 0 Å². The zero-order valence-electron chi connectivity index (χ0n) is 12.8. The van der Waals surface area contributed by atoms with Gasteiger partial charge in [-0.25, -0.2) is 0 Å². The Bertz CT molecular complexity index is 157. The molecule has 0 radical (unpaired) electrons. The van der Waals surface area contributed by atoms with E-state index in [0.717, 1.165) is 18.5 Å². The van der Waals surface area contributed by atoms with Crippen molar-refractivity contribution in [3.63, 3.8) is 0 Å². The van der Waals surface area contributed by atoms with Crippen molar-refractivity contribution in [1.29, 1.82) is 0 Å². The minimum absolute atomic E-state index is 0.743. The molecule has 0 saturated carbocycles. The van der Waals surface area contributed by atoms with Gasteiger partial charge in [0.1, 0.15) is 0 Å². The van der Waals surface area contributed by atoms with Gasteiger partial charge in [0, 0.05) is 6.04 Å². The molecule has 2 heteroatoms. The average Bonchev–Trinajstić information content (AvgIpc) is 2.29. The normalized spacial score (nSPS) is 13.6. The molecule has 0 spiro atoms. The number of nitrogens with zero attached hydrogens (tertiary/aromatic N) is 1. The third kappa shape index (κ3) is 9.61. The van der Waals surface area contributed by atoms with Crippen LogP contribution in [0.2, 0.25) is 0 Å². The van der Waals surface area contributed by atoms with Crippen molar-refractivity contribution in [1.82, 2.24) is 10.2 Å². The summed E-state index contributed by atoms with van der Waals surface area (Å²) in [4.78, 5) is 2.62. The van der Waals surface area contributed by atoms with E-state index in [4.69, 9.17) is 0 Å². The second-order valence-electron chi connectivity index (χ2n) is 5.57. The van der Waals surface area contributed by atoms with Gasteiger partial charge in [-0.2, -0.15) is 0 Å². The molecule has 0 aromatic heterocycles. The minimum Gasteiger partial charge on any atom is -0.316 e. The third-order valence-electron chi connectivity index (χ3n) is 3.36. The number of rotatable bonds is 11. The van der Waals surface area contributed by atoms with E-state index in [1.807, 2.05) is 0 Å². The molecule has 0 aliphatic carbocycles. The number of nitrogens with one attached hydrogen (secondary N) is 1. The molecule has 0 fully saturated rings. The zero-order valence-corrected chi connectivity index (χ0v) is 12.8. The van der Waals surface area contributed by atoms with Crippen molar-refractivity contribution in [2.24, 2.45) is 5.92 Å². The molecule has 0 rings (SSSR count). The summed E-state index contributed by atoms with van der Waals surface area (Å²) in [5.41, 5.74) is 0. The van der Waals surface area contributed by atoms with Gasteiger partial charge in [-0.3, -0.25) is 0 Å². The van der Waals surface area contributed by atoms with Crippen molar-refractivity contribution in [3.05, 3.63) is 0 Å². The van der Waals surface area contributed by atoms with Crippen molar-refractivity contribution >= 4 is 0 Å². The van der Waals surface area contributed by atoms with Crippen molar-refractivity contribution in [2.45, 2.75) is 66.3 Å². The van der Waals surface area contributed by atoms with Gasteiger partial charge in [0.15, 0.2) is 0 Å². The number of hydrogen-bond donors (Lipinski definition) is 1. The van der Waals surface area contributed by atoms with Crippen LogP contribution in [0.25, 0.3) is 0 Å². The molecule has 0 aliphatic heterocycles. The van der Waals surface area contributed by atoms with E-state index in [9.17, 15) is 0 Å². The molecule has 104 valence electrons. The monoisotopic (exact) mass is 242 g/mol. The lowest BCUT2D eigenvalue weighted by Gasteiger charge is -2.27. The van der Waals surface area contributed by atoms with Crippen LogP contribution in [0.5, 0.6) is 0 Å². The van der Waals surface area contributed by atoms with Crippen LogP contribution in [-0.4, -0.2) is 37.1 Å². The second kappa shape index (κ2) is 11.0. The molecule has 1 N–H and O–H groups in total. The molecule has 0 aromatic rings. The zero-order chi connectivity index (χ0) is 13.1. The first kappa shape index (κ1) is 16.9.